The minimum absolute atomic E-state index is 0.0505. The van der Waals surface area contributed by atoms with Gasteiger partial charge >= 0.3 is 0 Å². The summed E-state index contributed by atoms with van der Waals surface area (Å²) < 4.78 is 10.7. The van der Waals surface area contributed by atoms with Gasteiger partial charge in [-0.15, -0.1) is 0 Å². The number of methoxy groups -OCH3 is 2. The summed E-state index contributed by atoms with van der Waals surface area (Å²) in [6, 6.07) is 20.3. The molecular formula is C24H27NO3. The number of rotatable bonds is 8. The monoisotopic (exact) mass is 377 g/mol. The molecule has 0 radical (unpaired) electrons. The number of hydrogen-bond donors (Lipinski definition) is 1. The maximum Gasteiger partial charge on any atom is 0.220 e. The number of carbonyl (C=O) groups is 1. The van der Waals surface area contributed by atoms with Gasteiger partial charge in [-0.3, -0.25) is 4.79 Å². The fourth-order valence-corrected chi connectivity index (χ4v) is 3.52. The smallest absolute Gasteiger partial charge is 0.220 e. The maximum absolute atomic E-state index is 12.6. The summed E-state index contributed by atoms with van der Waals surface area (Å²) in [5.41, 5.74) is 2.21. The molecule has 1 N–H and O–H groups in total. The summed E-state index contributed by atoms with van der Waals surface area (Å²) in [6.45, 7) is 2.06. The van der Waals surface area contributed by atoms with Crippen LogP contribution < -0.4 is 14.8 Å². The van der Waals surface area contributed by atoms with Crippen LogP contribution in [0.15, 0.2) is 60.7 Å². The summed E-state index contributed by atoms with van der Waals surface area (Å²) in [4.78, 5) is 12.6. The standard InChI is InChI=1S/C24H27NO3/c1-4-21(19-12-14-22(27-2)23(16-19)28-3)25-24(26)15-13-18-10-7-9-17-8-5-6-11-20(17)18/h5-12,14,16,21H,4,13,15H2,1-3H3,(H,25,26)/t21-/m1/s1. The molecule has 0 unspecified atom stereocenters. The Hall–Kier alpha value is -3.01. The van der Waals surface area contributed by atoms with Gasteiger partial charge in [-0.2, -0.15) is 0 Å². The number of carbonyl (C=O) groups excluding carboxylic acids is 1. The van der Waals surface area contributed by atoms with E-state index < -0.39 is 0 Å². The number of amides is 1. The SMILES string of the molecule is CC[C@@H](NC(=O)CCc1cccc2ccccc12)c1ccc(OC)c(OC)c1. The lowest BCUT2D eigenvalue weighted by Gasteiger charge is -2.19. The minimum atomic E-state index is -0.0557. The molecule has 0 spiro atoms. The van der Waals surface area contributed by atoms with Gasteiger partial charge in [-0.05, 0) is 46.9 Å². The lowest BCUT2D eigenvalue weighted by atomic mass is 10.00. The lowest BCUT2D eigenvalue weighted by Crippen LogP contribution is -2.28. The molecule has 3 aromatic rings. The fourth-order valence-electron chi connectivity index (χ4n) is 3.52. The number of hydrogen-bond acceptors (Lipinski definition) is 3. The van der Waals surface area contributed by atoms with Gasteiger partial charge in [0.05, 0.1) is 20.3 Å². The highest BCUT2D eigenvalue weighted by molar-refractivity contribution is 5.86. The molecule has 0 aliphatic carbocycles. The van der Waals surface area contributed by atoms with Crippen molar-refractivity contribution >= 4 is 16.7 Å². The van der Waals surface area contributed by atoms with Crippen molar-refractivity contribution < 1.29 is 14.3 Å². The van der Waals surface area contributed by atoms with Gasteiger partial charge in [0.25, 0.3) is 0 Å². The molecule has 3 rings (SSSR count). The van der Waals surface area contributed by atoms with Crippen molar-refractivity contribution in [3.05, 3.63) is 71.8 Å². The third-order valence-electron chi connectivity index (χ3n) is 5.05. The largest absolute Gasteiger partial charge is 0.493 e. The van der Waals surface area contributed by atoms with Crippen LogP contribution in [0.2, 0.25) is 0 Å². The van der Waals surface area contributed by atoms with Crippen LogP contribution in [0.25, 0.3) is 10.8 Å². The highest BCUT2D eigenvalue weighted by Crippen LogP contribution is 2.31. The van der Waals surface area contributed by atoms with Crippen LogP contribution in [0, 0.1) is 0 Å². The number of aryl methyl sites for hydroxylation is 1. The molecule has 0 aliphatic rings. The Morgan fingerprint density at radius 3 is 2.46 bits per heavy atom. The minimum Gasteiger partial charge on any atom is -0.493 e. The van der Waals surface area contributed by atoms with E-state index in [2.05, 4.69) is 36.5 Å². The predicted molar refractivity (Wildman–Crippen MR) is 113 cm³/mol. The van der Waals surface area contributed by atoms with E-state index in [0.29, 0.717) is 17.9 Å². The third-order valence-corrected chi connectivity index (χ3v) is 5.05. The van der Waals surface area contributed by atoms with Gasteiger partial charge in [0.1, 0.15) is 0 Å². The Morgan fingerprint density at radius 1 is 0.964 bits per heavy atom. The molecule has 0 saturated heterocycles. The second-order valence-corrected chi connectivity index (χ2v) is 6.78. The maximum atomic E-state index is 12.6. The van der Waals surface area contributed by atoms with Crippen LogP contribution in [0.1, 0.15) is 36.9 Å². The first-order valence-corrected chi connectivity index (χ1v) is 9.64. The van der Waals surface area contributed by atoms with Crippen molar-refractivity contribution in [1.82, 2.24) is 5.32 Å². The van der Waals surface area contributed by atoms with Crippen molar-refractivity contribution in [3.63, 3.8) is 0 Å². The second kappa shape index (κ2) is 9.27. The first-order valence-electron chi connectivity index (χ1n) is 9.64. The van der Waals surface area contributed by atoms with E-state index in [1.165, 1.54) is 16.3 Å². The summed E-state index contributed by atoms with van der Waals surface area (Å²) in [6.07, 6.45) is 1.98. The summed E-state index contributed by atoms with van der Waals surface area (Å²) in [5.74, 6) is 1.40. The molecule has 3 aromatic carbocycles. The zero-order valence-corrected chi connectivity index (χ0v) is 16.7. The summed E-state index contributed by atoms with van der Waals surface area (Å²) in [7, 11) is 3.23. The Balaban J connectivity index is 1.67. The van der Waals surface area contributed by atoms with Crippen molar-refractivity contribution in [2.75, 3.05) is 14.2 Å². The van der Waals surface area contributed by atoms with Gasteiger partial charge in [-0.1, -0.05) is 55.5 Å². The zero-order valence-electron chi connectivity index (χ0n) is 16.7. The fraction of sp³-hybridized carbons (Fsp3) is 0.292. The van der Waals surface area contributed by atoms with E-state index >= 15 is 0 Å². The Bertz CT molecular complexity index is 946. The van der Waals surface area contributed by atoms with E-state index in [4.69, 9.17) is 9.47 Å². The van der Waals surface area contributed by atoms with Crippen molar-refractivity contribution in [2.24, 2.45) is 0 Å². The average Bonchev–Trinajstić information content (AvgIpc) is 2.75. The zero-order chi connectivity index (χ0) is 19.9. The molecule has 4 nitrogen and oxygen atoms in total. The number of ether oxygens (including phenoxy) is 2. The second-order valence-electron chi connectivity index (χ2n) is 6.78. The highest BCUT2D eigenvalue weighted by Gasteiger charge is 2.15. The normalized spacial score (nSPS) is 11.8. The van der Waals surface area contributed by atoms with Crippen molar-refractivity contribution in [1.29, 1.82) is 0 Å². The first-order chi connectivity index (χ1) is 13.7. The van der Waals surface area contributed by atoms with Gasteiger partial charge in [0, 0.05) is 6.42 Å². The first kappa shape index (κ1) is 19.7. The summed E-state index contributed by atoms with van der Waals surface area (Å²) in [5, 5.41) is 5.57. The van der Waals surface area contributed by atoms with Gasteiger partial charge < -0.3 is 14.8 Å². The van der Waals surface area contributed by atoms with E-state index in [-0.39, 0.29) is 11.9 Å². The Morgan fingerprint density at radius 2 is 1.71 bits per heavy atom. The van der Waals surface area contributed by atoms with E-state index in [1.807, 2.05) is 36.4 Å². The Kier molecular flexibility index (Phi) is 6.53. The third kappa shape index (κ3) is 4.45. The van der Waals surface area contributed by atoms with Crippen molar-refractivity contribution in [3.8, 4) is 11.5 Å². The van der Waals surface area contributed by atoms with E-state index in [9.17, 15) is 4.79 Å². The topological polar surface area (TPSA) is 47.6 Å². The lowest BCUT2D eigenvalue weighted by molar-refractivity contribution is -0.121. The molecule has 146 valence electrons. The molecule has 0 fully saturated rings. The Labute approximate surface area is 166 Å². The van der Waals surface area contributed by atoms with Gasteiger partial charge in [0.2, 0.25) is 5.91 Å². The molecule has 1 amide bonds. The molecule has 1 atom stereocenters. The number of fused-ring (bicyclic) bond motifs is 1. The highest BCUT2D eigenvalue weighted by atomic mass is 16.5. The summed E-state index contributed by atoms with van der Waals surface area (Å²) >= 11 is 0. The van der Waals surface area contributed by atoms with Crippen LogP contribution in [0.4, 0.5) is 0 Å². The molecule has 0 heterocycles. The average molecular weight is 377 g/mol. The van der Waals surface area contributed by atoms with Crippen LogP contribution in [0.3, 0.4) is 0 Å². The number of benzene rings is 3. The molecule has 0 aliphatic heterocycles. The van der Waals surface area contributed by atoms with Gasteiger partial charge in [-0.25, -0.2) is 0 Å². The number of nitrogens with one attached hydrogen (secondary N) is 1. The van der Waals surface area contributed by atoms with Crippen LogP contribution in [0.5, 0.6) is 11.5 Å². The van der Waals surface area contributed by atoms with Gasteiger partial charge in [0.15, 0.2) is 11.5 Å². The van der Waals surface area contributed by atoms with Crippen LogP contribution >= 0.6 is 0 Å². The van der Waals surface area contributed by atoms with Crippen LogP contribution in [-0.4, -0.2) is 20.1 Å². The van der Waals surface area contributed by atoms with Crippen molar-refractivity contribution in [2.45, 2.75) is 32.2 Å². The molecule has 28 heavy (non-hydrogen) atoms. The van der Waals surface area contributed by atoms with E-state index in [0.717, 1.165) is 18.4 Å². The predicted octanol–water partition coefficient (Wildman–Crippen LogP) is 5.06. The molecule has 4 heteroatoms. The van der Waals surface area contributed by atoms with Crippen LogP contribution in [-0.2, 0) is 11.2 Å². The quantitative estimate of drug-likeness (QED) is 0.597. The molecule has 0 bridgehead atoms. The molecule has 0 saturated carbocycles. The molecule has 0 aromatic heterocycles. The molecular weight excluding hydrogens is 350 g/mol. The van der Waals surface area contributed by atoms with E-state index in [1.54, 1.807) is 14.2 Å².